The molecule has 0 bridgehead atoms. The largest absolute Gasteiger partial charge is 0.336 e. The van der Waals surface area contributed by atoms with Gasteiger partial charge in [0.25, 0.3) is 5.91 Å². The van der Waals surface area contributed by atoms with Gasteiger partial charge in [-0.15, -0.1) is 0 Å². The minimum absolute atomic E-state index is 0.123. The molecule has 4 rings (SSSR count). The molecule has 28 heavy (non-hydrogen) atoms. The van der Waals surface area contributed by atoms with Crippen LogP contribution in [-0.2, 0) is 13.1 Å². The van der Waals surface area contributed by atoms with Gasteiger partial charge in [0.05, 0.1) is 6.54 Å². The van der Waals surface area contributed by atoms with E-state index in [4.69, 9.17) is 0 Å². The first-order valence-corrected chi connectivity index (χ1v) is 9.81. The Morgan fingerprint density at radius 3 is 2.43 bits per heavy atom. The lowest BCUT2D eigenvalue weighted by atomic mass is 10.1. The summed E-state index contributed by atoms with van der Waals surface area (Å²) in [6.07, 6.45) is 3.70. The van der Waals surface area contributed by atoms with Crippen molar-refractivity contribution in [1.82, 2.24) is 19.6 Å². The molecule has 2 heterocycles. The maximum absolute atomic E-state index is 12.9. The third-order valence-electron chi connectivity index (χ3n) is 5.26. The topological polar surface area (TPSA) is 41.4 Å². The number of nitrogens with zero attached hydrogens (tertiary/aromatic N) is 4. The maximum Gasteiger partial charge on any atom is 0.253 e. The van der Waals surface area contributed by atoms with Gasteiger partial charge in [0.2, 0.25) is 0 Å². The SMILES string of the molecule is Cc1ccc(CN2CCN(C(=O)c3cccc(Cn4cccn4)c3)CC2)cc1. The number of benzene rings is 2. The summed E-state index contributed by atoms with van der Waals surface area (Å²) < 4.78 is 1.87. The third kappa shape index (κ3) is 4.49. The van der Waals surface area contributed by atoms with Crippen LogP contribution < -0.4 is 0 Å². The second-order valence-electron chi connectivity index (χ2n) is 7.46. The third-order valence-corrected chi connectivity index (χ3v) is 5.26. The minimum atomic E-state index is 0.123. The predicted molar refractivity (Wildman–Crippen MR) is 110 cm³/mol. The molecule has 5 heteroatoms. The standard InChI is InChI=1S/C23H26N4O/c1-19-6-8-20(9-7-19)17-25-12-14-26(15-13-25)23(28)22-5-2-4-21(16-22)18-27-11-3-10-24-27/h2-11,16H,12-15,17-18H2,1H3. The Morgan fingerprint density at radius 1 is 0.929 bits per heavy atom. The molecule has 0 aliphatic carbocycles. The molecule has 0 spiro atoms. The molecule has 0 atom stereocenters. The first-order chi connectivity index (χ1) is 13.7. The summed E-state index contributed by atoms with van der Waals surface area (Å²) >= 11 is 0. The van der Waals surface area contributed by atoms with Crippen LogP contribution in [0.3, 0.4) is 0 Å². The van der Waals surface area contributed by atoms with Crippen molar-refractivity contribution in [3.8, 4) is 0 Å². The molecule has 2 aromatic carbocycles. The van der Waals surface area contributed by atoms with E-state index in [2.05, 4.69) is 41.2 Å². The van der Waals surface area contributed by atoms with E-state index in [0.717, 1.165) is 43.9 Å². The van der Waals surface area contributed by atoms with Crippen LogP contribution in [0.1, 0.15) is 27.0 Å². The Kier molecular flexibility index (Phi) is 5.53. The summed E-state index contributed by atoms with van der Waals surface area (Å²) in [5.41, 5.74) is 4.47. The summed E-state index contributed by atoms with van der Waals surface area (Å²) in [5, 5.41) is 4.24. The number of hydrogen-bond acceptors (Lipinski definition) is 3. The van der Waals surface area contributed by atoms with E-state index in [1.54, 1.807) is 6.20 Å². The van der Waals surface area contributed by atoms with Crippen molar-refractivity contribution in [3.05, 3.63) is 89.2 Å². The minimum Gasteiger partial charge on any atom is -0.336 e. The summed E-state index contributed by atoms with van der Waals surface area (Å²) in [4.78, 5) is 17.3. The molecular formula is C23H26N4O. The van der Waals surface area contributed by atoms with E-state index >= 15 is 0 Å². The molecule has 1 aliphatic heterocycles. The van der Waals surface area contributed by atoms with Crippen molar-refractivity contribution in [2.45, 2.75) is 20.0 Å². The molecule has 1 aromatic heterocycles. The number of carbonyl (C=O) groups is 1. The number of piperazine rings is 1. The van der Waals surface area contributed by atoms with Crippen LogP contribution in [0.15, 0.2) is 67.0 Å². The fourth-order valence-corrected chi connectivity index (χ4v) is 3.63. The second kappa shape index (κ2) is 8.40. The molecule has 0 unspecified atom stereocenters. The van der Waals surface area contributed by atoms with Crippen molar-refractivity contribution in [1.29, 1.82) is 0 Å². The number of rotatable bonds is 5. The van der Waals surface area contributed by atoms with Crippen molar-refractivity contribution >= 4 is 5.91 Å². The normalized spacial score (nSPS) is 15.0. The van der Waals surface area contributed by atoms with Crippen LogP contribution in [0, 0.1) is 6.92 Å². The maximum atomic E-state index is 12.9. The molecule has 144 valence electrons. The average molecular weight is 374 g/mol. The highest BCUT2D eigenvalue weighted by molar-refractivity contribution is 5.94. The summed E-state index contributed by atoms with van der Waals surface area (Å²) in [7, 11) is 0. The smallest absolute Gasteiger partial charge is 0.253 e. The van der Waals surface area contributed by atoms with Crippen LogP contribution in [0.5, 0.6) is 0 Å². The highest BCUT2D eigenvalue weighted by Crippen LogP contribution is 2.14. The fraction of sp³-hybridized carbons (Fsp3) is 0.304. The number of aromatic nitrogens is 2. The van der Waals surface area contributed by atoms with Gasteiger partial charge in [-0.2, -0.15) is 5.10 Å². The Bertz CT molecular complexity index is 910. The van der Waals surface area contributed by atoms with E-state index in [0.29, 0.717) is 6.54 Å². The first kappa shape index (κ1) is 18.4. The lowest BCUT2D eigenvalue weighted by Crippen LogP contribution is -2.48. The van der Waals surface area contributed by atoms with Gasteiger partial charge < -0.3 is 4.90 Å². The van der Waals surface area contributed by atoms with E-state index < -0.39 is 0 Å². The summed E-state index contributed by atoms with van der Waals surface area (Å²) in [6, 6.07) is 18.5. The number of hydrogen-bond donors (Lipinski definition) is 0. The average Bonchev–Trinajstić information content (AvgIpc) is 3.23. The van der Waals surface area contributed by atoms with Crippen LogP contribution in [0.4, 0.5) is 0 Å². The molecule has 5 nitrogen and oxygen atoms in total. The Hall–Kier alpha value is -2.92. The van der Waals surface area contributed by atoms with Crippen molar-refractivity contribution in [2.75, 3.05) is 26.2 Å². The predicted octanol–water partition coefficient (Wildman–Crippen LogP) is 3.20. The zero-order valence-corrected chi connectivity index (χ0v) is 16.3. The van der Waals surface area contributed by atoms with Crippen LogP contribution >= 0.6 is 0 Å². The highest BCUT2D eigenvalue weighted by Gasteiger charge is 2.22. The van der Waals surface area contributed by atoms with Crippen molar-refractivity contribution in [3.63, 3.8) is 0 Å². The van der Waals surface area contributed by atoms with Gasteiger partial charge in [-0.25, -0.2) is 0 Å². The number of amides is 1. The van der Waals surface area contributed by atoms with Crippen molar-refractivity contribution < 1.29 is 4.79 Å². The Morgan fingerprint density at radius 2 is 1.71 bits per heavy atom. The Labute approximate surface area is 166 Å². The van der Waals surface area contributed by atoms with Gasteiger partial charge in [0, 0.05) is 50.7 Å². The van der Waals surface area contributed by atoms with E-state index in [9.17, 15) is 4.79 Å². The molecule has 0 radical (unpaired) electrons. The van der Waals surface area contributed by atoms with E-state index in [-0.39, 0.29) is 5.91 Å². The molecular weight excluding hydrogens is 348 g/mol. The molecule has 1 saturated heterocycles. The van der Waals surface area contributed by atoms with Gasteiger partial charge >= 0.3 is 0 Å². The fourth-order valence-electron chi connectivity index (χ4n) is 3.63. The monoisotopic (exact) mass is 374 g/mol. The van der Waals surface area contributed by atoms with Crippen LogP contribution in [-0.4, -0.2) is 51.7 Å². The van der Waals surface area contributed by atoms with Crippen molar-refractivity contribution in [2.24, 2.45) is 0 Å². The summed E-state index contributed by atoms with van der Waals surface area (Å²) in [6.45, 7) is 7.10. The van der Waals surface area contributed by atoms with E-state index in [1.165, 1.54) is 11.1 Å². The lowest BCUT2D eigenvalue weighted by molar-refractivity contribution is 0.0628. The molecule has 1 aliphatic rings. The quantitative estimate of drug-likeness (QED) is 0.689. The molecule has 1 amide bonds. The van der Waals surface area contributed by atoms with E-state index in [1.807, 2.05) is 46.1 Å². The zero-order chi connectivity index (χ0) is 19.3. The molecule has 0 saturated carbocycles. The zero-order valence-electron chi connectivity index (χ0n) is 16.3. The van der Waals surface area contributed by atoms with Gasteiger partial charge in [0.1, 0.15) is 0 Å². The first-order valence-electron chi connectivity index (χ1n) is 9.81. The van der Waals surface area contributed by atoms with Gasteiger partial charge in [0.15, 0.2) is 0 Å². The molecule has 0 N–H and O–H groups in total. The molecule has 3 aromatic rings. The van der Waals surface area contributed by atoms with Gasteiger partial charge in [-0.3, -0.25) is 14.4 Å². The number of carbonyl (C=O) groups excluding carboxylic acids is 1. The lowest BCUT2D eigenvalue weighted by Gasteiger charge is -2.35. The summed E-state index contributed by atoms with van der Waals surface area (Å²) in [5.74, 6) is 0.123. The number of aryl methyl sites for hydroxylation is 1. The molecule has 1 fully saturated rings. The van der Waals surface area contributed by atoms with Gasteiger partial charge in [-0.05, 0) is 36.2 Å². The Balaban J connectivity index is 1.34. The second-order valence-corrected chi connectivity index (χ2v) is 7.46. The van der Waals surface area contributed by atoms with Gasteiger partial charge in [-0.1, -0.05) is 42.0 Å². The van der Waals surface area contributed by atoms with Crippen LogP contribution in [0.25, 0.3) is 0 Å². The highest BCUT2D eigenvalue weighted by atomic mass is 16.2. The van der Waals surface area contributed by atoms with Crippen LogP contribution in [0.2, 0.25) is 0 Å².